The van der Waals surface area contributed by atoms with E-state index >= 15 is 0 Å². The lowest BCUT2D eigenvalue weighted by molar-refractivity contribution is 0.192. The summed E-state index contributed by atoms with van der Waals surface area (Å²) >= 11 is 0. The zero-order valence-electron chi connectivity index (χ0n) is 15.2. The summed E-state index contributed by atoms with van der Waals surface area (Å²) in [6.07, 6.45) is 3.67. The fraction of sp³-hybridized carbons (Fsp3) is 0.368. The van der Waals surface area contributed by atoms with E-state index in [0.29, 0.717) is 5.75 Å². The third kappa shape index (κ3) is 4.31. The molecule has 3 N–H and O–H groups in total. The Labute approximate surface area is 163 Å². The maximum Gasteiger partial charge on any atom is 0.228 e. The molecule has 3 aromatic rings. The molecule has 1 fully saturated rings. The molecule has 27 heavy (non-hydrogen) atoms. The lowest BCUT2D eigenvalue weighted by atomic mass is 10.1. The molecule has 0 aliphatic carbocycles. The van der Waals surface area contributed by atoms with Gasteiger partial charge in [0.25, 0.3) is 0 Å². The third-order valence-corrected chi connectivity index (χ3v) is 4.59. The van der Waals surface area contributed by atoms with Crippen LogP contribution >= 0.6 is 12.4 Å². The fourth-order valence-electron chi connectivity index (χ4n) is 3.42. The third-order valence-electron chi connectivity index (χ3n) is 4.59. The van der Waals surface area contributed by atoms with E-state index in [0.717, 1.165) is 47.0 Å². The van der Waals surface area contributed by atoms with E-state index in [2.05, 4.69) is 19.9 Å². The van der Waals surface area contributed by atoms with Gasteiger partial charge in [0.15, 0.2) is 5.82 Å². The summed E-state index contributed by atoms with van der Waals surface area (Å²) in [5, 5.41) is 0. The summed E-state index contributed by atoms with van der Waals surface area (Å²) < 4.78 is 17.4. The molecule has 0 atom stereocenters. The smallest absolute Gasteiger partial charge is 0.228 e. The first-order valence-corrected chi connectivity index (χ1v) is 8.66. The van der Waals surface area contributed by atoms with E-state index in [4.69, 9.17) is 4.74 Å². The Hall–Kier alpha value is -2.38. The first-order chi connectivity index (χ1) is 12.2. The average Bonchev–Trinajstić information content (AvgIpc) is 3.06. The van der Waals surface area contributed by atoms with Crippen molar-refractivity contribution in [3.63, 3.8) is 0 Å². The van der Waals surface area contributed by atoms with E-state index < -0.39 is 6.86 Å². The summed E-state index contributed by atoms with van der Waals surface area (Å²) in [5.74, 6) is 2.26. The van der Waals surface area contributed by atoms with Gasteiger partial charge in [-0.15, -0.1) is 12.4 Å². The van der Waals surface area contributed by atoms with Crippen LogP contribution < -0.4 is 9.64 Å². The predicted octanol–water partition coefficient (Wildman–Crippen LogP) is 3.83. The van der Waals surface area contributed by atoms with E-state index in [9.17, 15) is 4.39 Å². The average molecular weight is 395 g/mol. The lowest BCUT2D eigenvalue weighted by Gasteiger charge is -2.28. The monoisotopic (exact) mass is 394 g/mol. The van der Waals surface area contributed by atoms with Crippen LogP contribution in [0.1, 0.15) is 25.1 Å². The zero-order valence-corrected chi connectivity index (χ0v) is 16.0. The van der Waals surface area contributed by atoms with Gasteiger partial charge in [0.2, 0.25) is 6.86 Å². The molecule has 0 unspecified atom stereocenters. The molecule has 146 valence electrons. The summed E-state index contributed by atoms with van der Waals surface area (Å²) in [6.45, 7) is 3.15. The number of anilines is 1. The largest absolute Gasteiger partial charge is 0.463 e. The number of aromatic nitrogens is 3. The minimum absolute atomic E-state index is 0. The van der Waals surface area contributed by atoms with Crippen LogP contribution in [0.5, 0.6) is 5.75 Å². The second kappa shape index (κ2) is 9.01. The Morgan fingerprint density at radius 2 is 1.93 bits per heavy atom. The summed E-state index contributed by atoms with van der Waals surface area (Å²) in [4.78, 5) is 15.1. The second-order valence-electron chi connectivity index (χ2n) is 6.37. The van der Waals surface area contributed by atoms with Crippen molar-refractivity contribution in [3.05, 3.63) is 36.2 Å². The molecule has 4 rings (SSSR count). The van der Waals surface area contributed by atoms with Crippen molar-refractivity contribution in [2.45, 2.75) is 26.2 Å². The number of nitrogens with zero attached hydrogens (tertiary/aromatic N) is 3. The van der Waals surface area contributed by atoms with Crippen LogP contribution in [0.25, 0.3) is 22.3 Å². The van der Waals surface area contributed by atoms with Crippen molar-refractivity contribution in [3.8, 4) is 17.0 Å². The number of aromatic amines is 1. The number of aryl methyl sites for hydroxylation is 1. The van der Waals surface area contributed by atoms with E-state index in [1.165, 1.54) is 19.3 Å². The van der Waals surface area contributed by atoms with Gasteiger partial charge < -0.3 is 20.1 Å². The number of fused-ring (bicyclic) bond motifs is 1. The predicted molar refractivity (Wildman–Crippen MR) is 108 cm³/mol. The van der Waals surface area contributed by atoms with Crippen LogP contribution in [0.2, 0.25) is 0 Å². The number of nitrogens with one attached hydrogen (secondary N) is 1. The Kier molecular flexibility index (Phi) is 6.98. The number of alkyl halides is 1. The van der Waals surface area contributed by atoms with E-state index in [1.807, 2.05) is 31.2 Å². The van der Waals surface area contributed by atoms with Crippen molar-refractivity contribution >= 4 is 29.3 Å². The van der Waals surface area contributed by atoms with Crippen LogP contribution in [0, 0.1) is 6.92 Å². The van der Waals surface area contributed by atoms with Crippen LogP contribution in [-0.2, 0) is 0 Å². The molecule has 1 aliphatic rings. The first-order valence-electron chi connectivity index (χ1n) is 8.66. The van der Waals surface area contributed by atoms with Crippen LogP contribution in [0.15, 0.2) is 30.3 Å². The first kappa shape index (κ1) is 20.9. The minimum atomic E-state index is -0.833. The lowest BCUT2D eigenvalue weighted by Crippen LogP contribution is -2.30. The van der Waals surface area contributed by atoms with E-state index in [-0.39, 0.29) is 17.9 Å². The molecule has 1 saturated heterocycles. The minimum Gasteiger partial charge on any atom is -0.463 e. The van der Waals surface area contributed by atoms with Crippen molar-refractivity contribution in [2.75, 3.05) is 24.9 Å². The van der Waals surface area contributed by atoms with Crippen LogP contribution in [0.3, 0.4) is 0 Å². The Morgan fingerprint density at radius 3 is 2.67 bits per heavy atom. The number of piperidine rings is 1. The van der Waals surface area contributed by atoms with Crippen molar-refractivity contribution in [1.82, 2.24) is 15.0 Å². The number of rotatable bonds is 4. The molecule has 1 aliphatic heterocycles. The summed E-state index contributed by atoms with van der Waals surface area (Å²) in [7, 11) is 0. The zero-order chi connectivity index (χ0) is 17.2. The van der Waals surface area contributed by atoms with Crippen LogP contribution in [-0.4, -0.2) is 40.4 Å². The topological polar surface area (TPSA) is 85.5 Å². The molecule has 0 bridgehead atoms. The number of benzene rings is 1. The molecule has 1 aromatic carbocycles. The summed E-state index contributed by atoms with van der Waals surface area (Å²) in [6, 6.07) is 9.41. The van der Waals surface area contributed by atoms with Crippen LogP contribution in [0.4, 0.5) is 10.2 Å². The Bertz CT molecular complexity index is 897. The number of ether oxygens (including phenoxy) is 1. The molecular formula is C19H24ClFN4O2. The van der Waals surface area contributed by atoms with Gasteiger partial charge in [-0.05, 0) is 44.4 Å². The molecule has 3 heterocycles. The van der Waals surface area contributed by atoms with Gasteiger partial charge in [0, 0.05) is 24.3 Å². The maximum absolute atomic E-state index is 12.4. The highest BCUT2D eigenvalue weighted by atomic mass is 35.5. The Morgan fingerprint density at radius 1 is 1.15 bits per heavy atom. The van der Waals surface area contributed by atoms with Gasteiger partial charge in [-0.2, -0.15) is 0 Å². The molecule has 0 radical (unpaired) electrons. The SMILES string of the molecule is Cc1nc(N2CCCCC2)c2[nH]c(-c3cccc(OCF)c3)cc2n1.Cl.O. The summed E-state index contributed by atoms with van der Waals surface area (Å²) in [5.41, 5.74) is 3.72. The van der Waals surface area contributed by atoms with Gasteiger partial charge >= 0.3 is 0 Å². The quantitative estimate of drug-likeness (QED) is 0.728. The number of hydrogen-bond donors (Lipinski definition) is 1. The molecule has 0 saturated carbocycles. The molecular weight excluding hydrogens is 371 g/mol. The maximum atomic E-state index is 12.4. The fourth-order valence-corrected chi connectivity index (χ4v) is 3.42. The molecule has 2 aromatic heterocycles. The molecule has 8 heteroatoms. The van der Waals surface area contributed by atoms with Gasteiger partial charge in [0.1, 0.15) is 17.1 Å². The standard InChI is InChI=1S/C19H21FN4O.ClH.H2O/c1-13-21-17-11-16(14-6-5-7-15(10-14)25-12-20)23-18(17)19(22-13)24-8-3-2-4-9-24;;/h5-7,10-11,23H,2-4,8-9,12H2,1H3;1H;1H2. The highest BCUT2D eigenvalue weighted by Gasteiger charge is 2.18. The normalized spacial score (nSPS) is 13.8. The molecule has 6 nitrogen and oxygen atoms in total. The highest BCUT2D eigenvalue weighted by Crippen LogP contribution is 2.31. The second-order valence-corrected chi connectivity index (χ2v) is 6.37. The van der Waals surface area contributed by atoms with Gasteiger partial charge in [-0.3, -0.25) is 0 Å². The number of hydrogen-bond acceptors (Lipinski definition) is 4. The Balaban J connectivity index is 0.00000131. The van der Waals surface area contributed by atoms with Crippen molar-refractivity contribution in [2.24, 2.45) is 0 Å². The van der Waals surface area contributed by atoms with Crippen molar-refractivity contribution < 1.29 is 14.6 Å². The van der Waals surface area contributed by atoms with Crippen molar-refractivity contribution in [1.29, 1.82) is 0 Å². The molecule has 0 spiro atoms. The van der Waals surface area contributed by atoms with E-state index in [1.54, 1.807) is 6.07 Å². The molecule has 0 amide bonds. The van der Waals surface area contributed by atoms with Gasteiger partial charge in [-0.1, -0.05) is 12.1 Å². The number of H-pyrrole nitrogens is 1. The van der Waals surface area contributed by atoms with Gasteiger partial charge in [0.05, 0.1) is 5.52 Å². The van der Waals surface area contributed by atoms with Gasteiger partial charge in [-0.25, -0.2) is 14.4 Å². The highest BCUT2D eigenvalue weighted by molar-refractivity contribution is 5.91. The number of halogens is 2.